The van der Waals surface area contributed by atoms with Crippen molar-refractivity contribution in [2.75, 3.05) is 13.6 Å². The van der Waals surface area contributed by atoms with Crippen molar-refractivity contribution in [2.24, 2.45) is 0 Å². The molecule has 2 heterocycles. The van der Waals surface area contributed by atoms with E-state index in [0.717, 1.165) is 6.42 Å². The van der Waals surface area contributed by atoms with Gasteiger partial charge in [-0.3, -0.25) is 14.4 Å². The minimum Gasteiger partial charge on any atom is -0.357 e. The highest BCUT2D eigenvalue weighted by Crippen LogP contribution is 2.19. The van der Waals surface area contributed by atoms with Crippen molar-refractivity contribution in [3.63, 3.8) is 0 Å². The van der Waals surface area contributed by atoms with Crippen LogP contribution in [-0.4, -0.2) is 41.3 Å². The molecule has 1 aliphatic rings. The fourth-order valence-corrected chi connectivity index (χ4v) is 2.16. The van der Waals surface area contributed by atoms with E-state index in [9.17, 15) is 14.4 Å². The van der Waals surface area contributed by atoms with E-state index in [2.05, 4.69) is 10.3 Å². The number of rotatable bonds is 2. The van der Waals surface area contributed by atoms with Crippen molar-refractivity contribution in [3.8, 4) is 0 Å². The van der Waals surface area contributed by atoms with Gasteiger partial charge in [-0.05, 0) is 18.9 Å². The maximum Gasteiger partial charge on any atom is 0.256 e. The highest BCUT2D eigenvalue weighted by molar-refractivity contribution is 5.97. The molecular weight excluding hydrogens is 234 g/mol. The lowest BCUT2D eigenvalue weighted by Crippen LogP contribution is -2.45. The van der Waals surface area contributed by atoms with Crippen LogP contribution in [0, 0.1) is 0 Å². The number of nitrogens with one attached hydrogen (secondary N) is 2. The number of carbonyl (C=O) groups excluding carboxylic acids is 2. The zero-order chi connectivity index (χ0) is 13.1. The summed E-state index contributed by atoms with van der Waals surface area (Å²) in [6, 6.07) is 2.37. The van der Waals surface area contributed by atoms with Crippen LogP contribution in [0.15, 0.2) is 23.1 Å². The van der Waals surface area contributed by atoms with Crippen LogP contribution >= 0.6 is 0 Å². The first-order chi connectivity index (χ1) is 8.63. The average Bonchev–Trinajstić information content (AvgIpc) is 2.87. The van der Waals surface area contributed by atoms with Crippen molar-refractivity contribution in [2.45, 2.75) is 18.9 Å². The van der Waals surface area contributed by atoms with E-state index in [4.69, 9.17) is 0 Å². The predicted molar refractivity (Wildman–Crippen MR) is 65.2 cm³/mol. The van der Waals surface area contributed by atoms with Crippen LogP contribution in [-0.2, 0) is 4.79 Å². The summed E-state index contributed by atoms with van der Waals surface area (Å²) >= 11 is 0. The summed E-state index contributed by atoms with van der Waals surface area (Å²) in [5, 5.41) is 2.56. The molecule has 2 rings (SSSR count). The van der Waals surface area contributed by atoms with Gasteiger partial charge in [-0.2, -0.15) is 0 Å². The summed E-state index contributed by atoms with van der Waals surface area (Å²) in [6.45, 7) is 0.566. The van der Waals surface area contributed by atoms with Crippen LogP contribution < -0.4 is 10.9 Å². The molecule has 0 saturated carbocycles. The molecule has 1 aromatic rings. The molecular formula is C12H15N3O3. The molecule has 18 heavy (non-hydrogen) atoms. The Morgan fingerprint density at radius 1 is 1.44 bits per heavy atom. The maximum atomic E-state index is 12.2. The number of aromatic nitrogens is 1. The van der Waals surface area contributed by atoms with Crippen molar-refractivity contribution in [1.29, 1.82) is 0 Å². The minimum absolute atomic E-state index is 0.148. The molecule has 2 N–H and O–H groups in total. The van der Waals surface area contributed by atoms with E-state index in [1.54, 1.807) is 11.9 Å². The zero-order valence-electron chi connectivity index (χ0n) is 10.1. The first kappa shape index (κ1) is 12.3. The quantitative estimate of drug-likeness (QED) is 0.756. The monoisotopic (exact) mass is 249 g/mol. The van der Waals surface area contributed by atoms with Crippen LogP contribution in [0.1, 0.15) is 23.2 Å². The van der Waals surface area contributed by atoms with Crippen LogP contribution in [0.4, 0.5) is 0 Å². The normalized spacial score (nSPS) is 18.7. The molecule has 1 atom stereocenters. The molecule has 0 bridgehead atoms. The Hall–Kier alpha value is -2.11. The minimum atomic E-state index is -0.408. The van der Waals surface area contributed by atoms with Gasteiger partial charge in [0, 0.05) is 25.9 Å². The van der Waals surface area contributed by atoms with E-state index in [-0.39, 0.29) is 17.4 Å². The molecule has 6 nitrogen and oxygen atoms in total. The van der Waals surface area contributed by atoms with E-state index < -0.39 is 6.04 Å². The SMILES string of the molecule is CNC(=O)C1CCCN1C(=O)c1ccc(=O)[nH]c1. The molecule has 2 amide bonds. The molecule has 1 unspecified atom stereocenters. The lowest BCUT2D eigenvalue weighted by molar-refractivity contribution is -0.124. The third kappa shape index (κ3) is 2.27. The van der Waals surface area contributed by atoms with Gasteiger partial charge in [0.25, 0.3) is 5.91 Å². The number of nitrogens with zero attached hydrogens (tertiary/aromatic N) is 1. The summed E-state index contributed by atoms with van der Waals surface area (Å²) in [5.74, 6) is -0.373. The summed E-state index contributed by atoms with van der Waals surface area (Å²) in [5.41, 5.74) is 0.140. The predicted octanol–water partition coefficient (Wildman–Crippen LogP) is -0.275. The summed E-state index contributed by atoms with van der Waals surface area (Å²) in [6.07, 6.45) is 2.87. The Morgan fingerprint density at radius 3 is 2.83 bits per heavy atom. The Labute approximate surface area is 104 Å². The second-order valence-electron chi connectivity index (χ2n) is 4.21. The van der Waals surface area contributed by atoms with E-state index in [1.807, 2.05) is 0 Å². The summed E-state index contributed by atoms with van der Waals surface area (Å²) in [7, 11) is 1.56. The number of aromatic amines is 1. The number of amides is 2. The van der Waals surface area contributed by atoms with Gasteiger partial charge in [0.1, 0.15) is 6.04 Å². The summed E-state index contributed by atoms with van der Waals surface area (Å²) in [4.78, 5) is 38.8. The van der Waals surface area contributed by atoms with E-state index in [1.165, 1.54) is 18.3 Å². The number of hydrogen-bond donors (Lipinski definition) is 2. The molecule has 0 radical (unpaired) electrons. The van der Waals surface area contributed by atoms with Crippen LogP contribution in [0.3, 0.4) is 0 Å². The molecule has 0 aliphatic carbocycles. The molecule has 1 saturated heterocycles. The van der Waals surface area contributed by atoms with Gasteiger partial charge < -0.3 is 15.2 Å². The first-order valence-corrected chi connectivity index (χ1v) is 5.85. The largest absolute Gasteiger partial charge is 0.357 e. The third-order valence-electron chi connectivity index (χ3n) is 3.09. The summed E-state index contributed by atoms with van der Waals surface area (Å²) < 4.78 is 0. The number of pyridine rings is 1. The Kier molecular flexibility index (Phi) is 3.45. The van der Waals surface area contributed by atoms with Crippen LogP contribution in [0.25, 0.3) is 0 Å². The van der Waals surface area contributed by atoms with Crippen molar-refractivity contribution in [3.05, 3.63) is 34.2 Å². The van der Waals surface area contributed by atoms with Gasteiger partial charge >= 0.3 is 0 Å². The maximum absolute atomic E-state index is 12.2. The van der Waals surface area contributed by atoms with Crippen LogP contribution in [0.2, 0.25) is 0 Å². The number of likely N-dealkylation sites (tertiary alicyclic amines) is 1. The topological polar surface area (TPSA) is 82.3 Å². The standard InChI is InChI=1S/C12H15N3O3/c1-13-11(17)9-3-2-6-15(9)12(18)8-4-5-10(16)14-7-8/h4-5,7,9H,2-3,6H2,1H3,(H,13,17)(H,14,16). The average molecular weight is 249 g/mol. The Bertz CT molecular complexity index is 503. The number of likely N-dealkylation sites (N-methyl/N-ethyl adjacent to an activating group) is 1. The highest BCUT2D eigenvalue weighted by Gasteiger charge is 2.33. The van der Waals surface area contributed by atoms with E-state index >= 15 is 0 Å². The fourth-order valence-electron chi connectivity index (χ4n) is 2.16. The van der Waals surface area contributed by atoms with Crippen LogP contribution in [0.5, 0.6) is 0 Å². The lowest BCUT2D eigenvalue weighted by Gasteiger charge is -2.23. The van der Waals surface area contributed by atoms with Gasteiger partial charge in [0.15, 0.2) is 0 Å². The van der Waals surface area contributed by atoms with Crippen molar-refractivity contribution < 1.29 is 9.59 Å². The molecule has 0 spiro atoms. The molecule has 1 fully saturated rings. The first-order valence-electron chi connectivity index (χ1n) is 5.85. The van der Waals surface area contributed by atoms with Gasteiger partial charge in [0.2, 0.25) is 11.5 Å². The number of carbonyl (C=O) groups is 2. The lowest BCUT2D eigenvalue weighted by atomic mass is 10.2. The molecule has 96 valence electrons. The fraction of sp³-hybridized carbons (Fsp3) is 0.417. The number of hydrogen-bond acceptors (Lipinski definition) is 3. The second kappa shape index (κ2) is 5.03. The van der Waals surface area contributed by atoms with Gasteiger partial charge in [-0.1, -0.05) is 0 Å². The van der Waals surface area contributed by atoms with Crippen molar-refractivity contribution in [1.82, 2.24) is 15.2 Å². The van der Waals surface area contributed by atoms with Crippen molar-refractivity contribution >= 4 is 11.8 Å². The Balaban J connectivity index is 2.20. The zero-order valence-corrected chi connectivity index (χ0v) is 10.1. The van der Waals surface area contributed by atoms with E-state index in [0.29, 0.717) is 18.5 Å². The highest BCUT2D eigenvalue weighted by atomic mass is 16.2. The molecule has 1 aliphatic heterocycles. The smallest absolute Gasteiger partial charge is 0.256 e. The van der Waals surface area contributed by atoms with Gasteiger partial charge in [-0.25, -0.2) is 0 Å². The molecule has 1 aromatic heterocycles. The molecule has 6 heteroatoms. The van der Waals surface area contributed by atoms with Gasteiger partial charge in [-0.15, -0.1) is 0 Å². The van der Waals surface area contributed by atoms with Gasteiger partial charge in [0.05, 0.1) is 5.56 Å². The molecule has 0 aromatic carbocycles. The second-order valence-corrected chi connectivity index (χ2v) is 4.21. The Morgan fingerprint density at radius 2 is 2.22 bits per heavy atom. The number of H-pyrrole nitrogens is 1. The third-order valence-corrected chi connectivity index (χ3v) is 3.09.